The molecule has 1 aliphatic carbocycles. The lowest BCUT2D eigenvalue weighted by Gasteiger charge is -2.13. The molecule has 16 heavy (non-hydrogen) atoms. The van der Waals surface area contributed by atoms with Gasteiger partial charge >= 0.3 is 0 Å². The lowest BCUT2D eigenvalue weighted by Crippen LogP contribution is -2.39. The second-order valence-electron chi connectivity index (χ2n) is 5.36. The van der Waals surface area contributed by atoms with E-state index in [-0.39, 0.29) is 5.91 Å². The first-order chi connectivity index (χ1) is 7.61. The third-order valence-electron chi connectivity index (χ3n) is 3.38. The van der Waals surface area contributed by atoms with Gasteiger partial charge in [-0.3, -0.25) is 4.79 Å². The van der Waals surface area contributed by atoms with Crippen LogP contribution in [-0.2, 0) is 4.79 Å². The molecule has 1 saturated carbocycles. The molecule has 0 aromatic rings. The molecule has 0 saturated heterocycles. The van der Waals surface area contributed by atoms with Gasteiger partial charge in [-0.2, -0.15) is 0 Å². The minimum atomic E-state index is 0.133. The molecule has 2 atom stereocenters. The minimum absolute atomic E-state index is 0.133. The van der Waals surface area contributed by atoms with Crippen molar-refractivity contribution in [3.05, 3.63) is 0 Å². The van der Waals surface area contributed by atoms with Gasteiger partial charge in [0, 0.05) is 12.6 Å². The van der Waals surface area contributed by atoms with Crippen molar-refractivity contribution in [3.8, 4) is 0 Å². The second-order valence-corrected chi connectivity index (χ2v) is 5.36. The summed E-state index contributed by atoms with van der Waals surface area (Å²) in [5.41, 5.74) is 0. The Morgan fingerprint density at radius 1 is 1.38 bits per heavy atom. The van der Waals surface area contributed by atoms with Crippen LogP contribution in [0.2, 0.25) is 0 Å². The average Bonchev–Trinajstić information content (AvgIpc) is 2.71. The molecule has 2 unspecified atom stereocenters. The molecule has 3 heteroatoms. The number of hydrogen-bond acceptors (Lipinski definition) is 2. The summed E-state index contributed by atoms with van der Waals surface area (Å²) in [5.74, 6) is 1.53. The van der Waals surface area contributed by atoms with Gasteiger partial charge in [0.25, 0.3) is 0 Å². The fourth-order valence-electron chi connectivity index (χ4n) is 2.25. The van der Waals surface area contributed by atoms with E-state index >= 15 is 0 Å². The maximum Gasteiger partial charge on any atom is 0.233 e. The molecule has 0 spiro atoms. The normalized spacial score (nSPS) is 25.0. The fourth-order valence-corrected chi connectivity index (χ4v) is 2.25. The van der Waals surface area contributed by atoms with Gasteiger partial charge in [-0.05, 0) is 31.1 Å². The summed E-state index contributed by atoms with van der Waals surface area (Å²) in [6.07, 6.45) is 5.07. The smallest absolute Gasteiger partial charge is 0.233 e. The van der Waals surface area contributed by atoms with Crippen LogP contribution in [0.5, 0.6) is 0 Å². The topological polar surface area (TPSA) is 41.1 Å². The van der Waals surface area contributed by atoms with Gasteiger partial charge in [-0.25, -0.2) is 0 Å². The molecule has 0 aromatic heterocycles. The van der Waals surface area contributed by atoms with Crippen molar-refractivity contribution in [2.45, 2.75) is 52.5 Å². The molecule has 0 heterocycles. The molecule has 1 amide bonds. The SMILES string of the molecule is CCC1CCC(NCC(=O)NCC(C)C)C1. The lowest BCUT2D eigenvalue weighted by atomic mass is 10.1. The van der Waals surface area contributed by atoms with Crippen molar-refractivity contribution in [1.29, 1.82) is 0 Å². The van der Waals surface area contributed by atoms with Gasteiger partial charge in [-0.1, -0.05) is 27.2 Å². The van der Waals surface area contributed by atoms with Crippen LogP contribution in [0, 0.1) is 11.8 Å². The van der Waals surface area contributed by atoms with E-state index in [1.165, 1.54) is 25.7 Å². The molecule has 2 N–H and O–H groups in total. The molecule has 1 rings (SSSR count). The van der Waals surface area contributed by atoms with E-state index in [2.05, 4.69) is 31.4 Å². The van der Waals surface area contributed by atoms with Crippen molar-refractivity contribution >= 4 is 5.91 Å². The van der Waals surface area contributed by atoms with Crippen molar-refractivity contribution in [2.24, 2.45) is 11.8 Å². The van der Waals surface area contributed by atoms with Gasteiger partial charge < -0.3 is 10.6 Å². The molecule has 1 aliphatic rings. The zero-order valence-corrected chi connectivity index (χ0v) is 10.9. The fraction of sp³-hybridized carbons (Fsp3) is 0.923. The minimum Gasteiger partial charge on any atom is -0.355 e. The number of amides is 1. The summed E-state index contributed by atoms with van der Waals surface area (Å²) in [6.45, 7) is 7.73. The Morgan fingerprint density at radius 2 is 2.12 bits per heavy atom. The molecule has 1 fully saturated rings. The highest BCUT2D eigenvalue weighted by Crippen LogP contribution is 2.27. The van der Waals surface area contributed by atoms with Crippen LogP contribution in [0.15, 0.2) is 0 Å². The van der Waals surface area contributed by atoms with Crippen LogP contribution in [0.4, 0.5) is 0 Å². The summed E-state index contributed by atoms with van der Waals surface area (Å²) in [5, 5.41) is 6.29. The highest BCUT2D eigenvalue weighted by molar-refractivity contribution is 5.77. The van der Waals surface area contributed by atoms with E-state index in [0.717, 1.165) is 12.5 Å². The molecular weight excluding hydrogens is 200 g/mol. The summed E-state index contributed by atoms with van der Waals surface area (Å²) < 4.78 is 0. The Kier molecular flexibility index (Phi) is 5.81. The maximum atomic E-state index is 11.5. The van der Waals surface area contributed by atoms with Crippen LogP contribution in [-0.4, -0.2) is 25.0 Å². The monoisotopic (exact) mass is 226 g/mol. The zero-order valence-electron chi connectivity index (χ0n) is 10.9. The van der Waals surface area contributed by atoms with Crippen LogP contribution in [0.1, 0.15) is 46.5 Å². The second kappa shape index (κ2) is 6.89. The Labute approximate surface area is 99.4 Å². The van der Waals surface area contributed by atoms with E-state index in [0.29, 0.717) is 18.5 Å². The van der Waals surface area contributed by atoms with Crippen LogP contribution in [0.3, 0.4) is 0 Å². The molecule has 0 bridgehead atoms. The van der Waals surface area contributed by atoms with E-state index < -0.39 is 0 Å². The number of hydrogen-bond donors (Lipinski definition) is 2. The molecule has 0 aliphatic heterocycles. The van der Waals surface area contributed by atoms with Gasteiger partial charge in [0.2, 0.25) is 5.91 Å². The Morgan fingerprint density at radius 3 is 2.69 bits per heavy atom. The van der Waals surface area contributed by atoms with Crippen LogP contribution in [0.25, 0.3) is 0 Å². The Bertz CT molecular complexity index is 216. The van der Waals surface area contributed by atoms with Crippen molar-refractivity contribution in [2.75, 3.05) is 13.1 Å². The summed E-state index contributed by atoms with van der Waals surface area (Å²) in [6, 6.07) is 0.565. The quantitative estimate of drug-likeness (QED) is 0.726. The van der Waals surface area contributed by atoms with Crippen molar-refractivity contribution < 1.29 is 4.79 Å². The first-order valence-electron chi connectivity index (χ1n) is 6.61. The van der Waals surface area contributed by atoms with Gasteiger partial charge in [0.15, 0.2) is 0 Å². The Hall–Kier alpha value is -0.570. The molecule has 3 nitrogen and oxygen atoms in total. The van der Waals surface area contributed by atoms with E-state index in [1.807, 2.05) is 0 Å². The summed E-state index contributed by atoms with van der Waals surface area (Å²) in [7, 11) is 0. The van der Waals surface area contributed by atoms with Crippen LogP contribution < -0.4 is 10.6 Å². The summed E-state index contributed by atoms with van der Waals surface area (Å²) in [4.78, 5) is 11.5. The third-order valence-corrected chi connectivity index (χ3v) is 3.38. The lowest BCUT2D eigenvalue weighted by molar-refractivity contribution is -0.120. The standard InChI is InChI=1S/C13H26N2O/c1-4-11-5-6-12(7-11)14-9-13(16)15-8-10(2)3/h10-12,14H,4-9H2,1-3H3,(H,15,16). The predicted octanol–water partition coefficient (Wildman–Crippen LogP) is 1.93. The van der Waals surface area contributed by atoms with Gasteiger partial charge in [0.1, 0.15) is 0 Å². The highest BCUT2D eigenvalue weighted by Gasteiger charge is 2.23. The number of carbonyl (C=O) groups excluding carboxylic acids is 1. The number of rotatable bonds is 6. The van der Waals surface area contributed by atoms with E-state index in [9.17, 15) is 4.79 Å². The molecule has 0 radical (unpaired) electrons. The predicted molar refractivity (Wildman–Crippen MR) is 67.3 cm³/mol. The largest absolute Gasteiger partial charge is 0.355 e. The summed E-state index contributed by atoms with van der Waals surface area (Å²) >= 11 is 0. The zero-order chi connectivity index (χ0) is 12.0. The molecule has 0 aromatic carbocycles. The van der Waals surface area contributed by atoms with E-state index in [4.69, 9.17) is 0 Å². The Balaban J connectivity index is 2.08. The van der Waals surface area contributed by atoms with E-state index in [1.54, 1.807) is 0 Å². The van der Waals surface area contributed by atoms with Gasteiger partial charge in [0.05, 0.1) is 6.54 Å². The van der Waals surface area contributed by atoms with Gasteiger partial charge in [-0.15, -0.1) is 0 Å². The number of carbonyl (C=O) groups is 1. The highest BCUT2D eigenvalue weighted by atomic mass is 16.1. The van der Waals surface area contributed by atoms with Crippen molar-refractivity contribution in [3.63, 3.8) is 0 Å². The average molecular weight is 226 g/mol. The number of nitrogens with one attached hydrogen (secondary N) is 2. The first-order valence-corrected chi connectivity index (χ1v) is 6.61. The van der Waals surface area contributed by atoms with Crippen LogP contribution >= 0.6 is 0 Å². The van der Waals surface area contributed by atoms with Crippen molar-refractivity contribution in [1.82, 2.24) is 10.6 Å². The molecule has 94 valence electrons. The maximum absolute atomic E-state index is 11.5. The molecular formula is C13H26N2O. The first kappa shape index (κ1) is 13.5. The third kappa shape index (κ3) is 4.97.